The first-order chi connectivity index (χ1) is 10.8. The lowest BCUT2D eigenvalue weighted by molar-refractivity contribution is -0.141. The van der Waals surface area contributed by atoms with Crippen molar-refractivity contribution in [3.05, 3.63) is 42.0 Å². The van der Waals surface area contributed by atoms with Gasteiger partial charge in [-0.25, -0.2) is 4.98 Å². The Hall–Kier alpha value is -3.17. The molecule has 0 radical (unpaired) electrons. The monoisotopic (exact) mass is 324 g/mol. The molecule has 0 aliphatic rings. The summed E-state index contributed by atoms with van der Waals surface area (Å²) in [6, 6.07) is 4.61. The van der Waals surface area contributed by atoms with E-state index in [2.05, 4.69) is 15.1 Å². The zero-order valence-electron chi connectivity index (χ0n) is 11.2. The number of carbonyl (C=O) groups is 1. The highest BCUT2D eigenvalue weighted by atomic mass is 19.4. The van der Waals surface area contributed by atoms with Crippen LogP contribution >= 0.6 is 0 Å². The van der Waals surface area contributed by atoms with Crippen LogP contribution in [0.3, 0.4) is 0 Å². The average molecular weight is 324 g/mol. The number of hydrogen-bond donors (Lipinski definition) is 1. The number of furan rings is 1. The van der Waals surface area contributed by atoms with Crippen LogP contribution in [0.2, 0.25) is 0 Å². The fraction of sp³-hybridized carbons (Fsp3) is 0.0769. The van der Waals surface area contributed by atoms with E-state index in [0.717, 1.165) is 12.3 Å². The number of nitrogens with two attached hydrogens (primary N) is 1. The van der Waals surface area contributed by atoms with Crippen molar-refractivity contribution in [1.29, 1.82) is 0 Å². The van der Waals surface area contributed by atoms with Gasteiger partial charge in [0.15, 0.2) is 5.76 Å². The third-order valence-electron chi connectivity index (χ3n) is 2.78. The minimum absolute atomic E-state index is 0.0459. The van der Waals surface area contributed by atoms with Gasteiger partial charge in [-0.15, -0.1) is 0 Å². The average Bonchev–Trinajstić information content (AvgIpc) is 3.15. The van der Waals surface area contributed by atoms with Crippen molar-refractivity contribution in [2.45, 2.75) is 6.18 Å². The molecule has 3 aromatic heterocycles. The third-order valence-corrected chi connectivity index (χ3v) is 2.78. The molecule has 0 bridgehead atoms. The van der Waals surface area contributed by atoms with Crippen LogP contribution in [0.25, 0.3) is 23.0 Å². The van der Waals surface area contributed by atoms with E-state index in [9.17, 15) is 18.0 Å². The summed E-state index contributed by atoms with van der Waals surface area (Å²) in [4.78, 5) is 18.3. The van der Waals surface area contributed by atoms with Crippen LogP contribution in [0.15, 0.2) is 39.5 Å². The second-order valence-electron chi connectivity index (χ2n) is 4.39. The number of alkyl halides is 3. The van der Waals surface area contributed by atoms with E-state index in [1.165, 1.54) is 18.2 Å². The highest BCUT2D eigenvalue weighted by Crippen LogP contribution is 2.29. The van der Waals surface area contributed by atoms with E-state index in [1.54, 1.807) is 0 Å². The molecule has 3 aromatic rings. The third kappa shape index (κ3) is 2.91. The normalized spacial score (nSPS) is 11.6. The summed E-state index contributed by atoms with van der Waals surface area (Å²) in [7, 11) is 0. The maximum atomic E-state index is 12.6. The molecular formula is C13H7F3N4O3. The minimum Gasteiger partial charge on any atom is -0.458 e. The summed E-state index contributed by atoms with van der Waals surface area (Å²) in [5.41, 5.74) is 4.14. The van der Waals surface area contributed by atoms with Crippen molar-refractivity contribution < 1.29 is 26.9 Å². The first-order valence-corrected chi connectivity index (χ1v) is 6.11. The Bertz CT molecular complexity index is 869. The van der Waals surface area contributed by atoms with Gasteiger partial charge < -0.3 is 14.7 Å². The van der Waals surface area contributed by atoms with Gasteiger partial charge in [0.2, 0.25) is 5.82 Å². The second kappa shape index (κ2) is 5.23. The topological polar surface area (TPSA) is 108 Å². The number of carbonyl (C=O) groups excluding carboxylic acids is 1. The first-order valence-electron chi connectivity index (χ1n) is 6.11. The molecule has 0 fully saturated rings. The summed E-state index contributed by atoms with van der Waals surface area (Å²) < 4.78 is 47.8. The molecule has 0 spiro atoms. The van der Waals surface area contributed by atoms with Crippen LogP contribution in [-0.4, -0.2) is 21.0 Å². The smallest absolute Gasteiger partial charge is 0.433 e. The Labute approximate surface area is 125 Å². The zero-order chi connectivity index (χ0) is 16.6. The Kier molecular flexibility index (Phi) is 3.36. The maximum Gasteiger partial charge on any atom is 0.433 e. The SMILES string of the molecule is NC(=O)c1cc(-c2nc(-c3cccc(C(F)(F)F)n3)no2)co1. The molecule has 3 rings (SSSR count). The predicted molar refractivity (Wildman–Crippen MR) is 68.8 cm³/mol. The largest absolute Gasteiger partial charge is 0.458 e. The van der Waals surface area contributed by atoms with Gasteiger partial charge in [-0.05, 0) is 12.1 Å². The first kappa shape index (κ1) is 14.8. The van der Waals surface area contributed by atoms with Crippen molar-refractivity contribution in [3.8, 4) is 23.0 Å². The highest BCUT2D eigenvalue weighted by molar-refractivity contribution is 5.91. The van der Waals surface area contributed by atoms with Gasteiger partial charge in [0.25, 0.3) is 11.8 Å². The molecule has 0 saturated heterocycles. The van der Waals surface area contributed by atoms with Crippen LogP contribution < -0.4 is 5.73 Å². The zero-order valence-corrected chi connectivity index (χ0v) is 11.2. The van der Waals surface area contributed by atoms with Gasteiger partial charge in [-0.3, -0.25) is 4.79 Å². The molecule has 0 atom stereocenters. The van der Waals surface area contributed by atoms with Crippen molar-refractivity contribution in [3.63, 3.8) is 0 Å². The molecule has 7 nitrogen and oxygen atoms in total. The summed E-state index contributed by atoms with van der Waals surface area (Å²) >= 11 is 0. The second-order valence-corrected chi connectivity index (χ2v) is 4.39. The standard InChI is InChI=1S/C13H7F3N4O3/c14-13(15,16)9-3-1-2-7(18-9)11-19-12(23-20-11)6-4-8(10(17)21)22-5-6/h1-5H,(H2,17,21). The number of hydrogen-bond acceptors (Lipinski definition) is 6. The number of pyridine rings is 1. The number of primary amides is 1. The van der Waals surface area contributed by atoms with E-state index in [0.29, 0.717) is 0 Å². The lowest BCUT2D eigenvalue weighted by atomic mass is 10.3. The van der Waals surface area contributed by atoms with Crippen molar-refractivity contribution in [1.82, 2.24) is 15.1 Å². The van der Waals surface area contributed by atoms with E-state index in [4.69, 9.17) is 14.7 Å². The summed E-state index contributed by atoms with van der Waals surface area (Å²) in [6.07, 6.45) is -3.42. The molecule has 3 heterocycles. The number of amides is 1. The van der Waals surface area contributed by atoms with E-state index < -0.39 is 17.8 Å². The number of rotatable bonds is 3. The maximum absolute atomic E-state index is 12.6. The Balaban J connectivity index is 1.94. The number of aromatic nitrogens is 3. The van der Waals surface area contributed by atoms with Gasteiger partial charge in [-0.1, -0.05) is 11.2 Å². The lowest BCUT2D eigenvalue weighted by Gasteiger charge is -2.05. The molecule has 0 unspecified atom stereocenters. The molecule has 118 valence electrons. The van der Waals surface area contributed by atoms with Crippen LogP contribution in [0.5, 0.6) is 0 Å². The molecule has 0 aliphatic heterocycles. The highest BCUT2D eigenvalue weighted by Gasteiger charge is 2.32. The van der Waals surface area contributed by atoms with Crippen LogP contribution in [0.1, 0.15) is 16.2 Å². The van der Waals surface area contributed by atoms with Crippen LogP contribution in [0, 0.1) is 0 Å². The van der Waals surface area contributed by atoms with E-state index >= 15 is 0 Å². The molecular weight excluding hydrogens is 317 g/mol. The molecule has 23 heavy (non-hydrogen) atoms. The molecule has 1 amide bonds. The van der Waals surface area contributed by atoms with Crippen molar-refractivity contribution in [2.24, 2.45) is 5.73 Å². The minimum atomic E-state index is -4.58. The molecule has 0 aromatic carbocycles. The molecule has 2 N–H and O–H groups in total. The fourth-order valence-corrected chi connectivity index (χ4v) is 1.74. The number of halogens is 3. The molecule has 0 saturated carbocycles. The van der Waals surface area contributed by atoms with E-state index in [1.807, 2.05) is 0 Å². The Morgan fingerprint density at radius 2 is 2.00 bits per heavy atom. The summed E-state index contributed by atoms with van der Waals surface area (Å²) in [5, 5.41) is 3.57. The Morgan fingerprint density at radius 3 is 2.65 bits per heavy atom. The molecule has 0 aliphatic carbocycles. The predicted octanol–water partition coefficient (Wildman–Crippen LogP) is 2.51. The van der Waals surface area contributed by atoms with Gasteiger partial charge >= 0.3 is 6.18 Å². The quantitative estimate of drug-likeness (QED) is 0.793. The van der Waals surface area contributed by atoms with Gasteiger partial charge in [0.1, 0.15) is 17.7 Å². The fourth-order valence-electron chi connectivity index (χ4n) is 1.74. The van der Waals surface area contributed by atoms with Crippen molar-refractivity contribution >= 4 is 5.91 Å². The van der Waals surface area contributed by atoms with Gasteiger partial charge in [0, 0.05) is 6.07 Å². The lowest BCUT2D eigenvalue weighted by Crippen LogP contribution is -2.09. The summed E-state index contributed by atoms with van der Waals surface area (Å²) in [5.74, 6) is -1.07. The van der Waals surface area contributed by atoms with Crippen molar-refractivity contribution in [2.75, 3.05) is 0 Å². The number of nitrogens with zero attached hydrogens (tertiary/aromatic N) is 3. The summed E-state index contributed by atoms with van der Waals surface area (Å²) in [6.45, 7) is 0. The van der Waals surface area contributed by atoms with E-state index in [-0.39, 0.29) is 28.7 Å². The molecule has 10 heteroatoms. The Morgan fingerprint density at radius 1 is 1.22 bits per heavy atom. The van der Waals surface area contributed by atoms with Gasteiger partial charge in [-0.2, -0.15) is 18.2 Å². The van der Waals surface area contributed by atoms with Gasteiger partial charge in [0.05, 0.1) is 5.56 Å². The van der Waals surface area contributed by atoms with Crippen LogP contribution in [-0.2, 0) is 6.18 Å². The van der Waals surface area contributed by atoms with Crippen LogP contribution in [0.4, 0.5) is 13.2 Å².